The molecule has 5 nitrogen and oxygen atoms in total. The molecular formula is C16H26N2O3. The van der Waals surface area contributed by atoms with Crippen LogP contribution >= 0.6 is 0 Å². The minimum absolute atomic E-state index is 0.0116. The van der Waals surface area contributed by atoms with E-state index >= 15 is 0 Å². The molecule has 0 aromatic rings. The Morgan fingerprint density at radius 2 is 2.10 bits per heavy atom. The van der Waals surface area contributed by atoms with Crippen molar-refractivity contribution < 1.29 is 14.7 Å². The second-order valence-corrected chi connectivity index (χ2v) is 6.38. The van der Waals surface area contributed by atoms with E-state index in [9.17, 15) is 9.59 Å². The standard InChI is InChI=1S/C16H26N2O3/c1-11(2)15(16(20)21)17-10-14(19)18(13-8-9-13)12-6-4-3-5-7-12/h6,11,13,15,17H,3-5,7-10H2,1-2H3,(H,20,21). The third-order valence-corrected chi connectivity index (χ3v) is 4.16. The highest BCUT2D eigenvalue weighted by Crippen LogP contribution is 2.33. The third-order valence-electron chi connectivity index (χ3n) is 4.16. The zero-order chi connectivity index (χ0) is 15.4. The van der Waals surface area contributed by atoms with Crippen molar-refractivity contribution in [1.82, 2.24) is 10.2 Å². The van der Waals surface area contributed by atoms with Crippen LogP contribution in [0, 0.1) is 5.92 Å². The van der Waals surface area contributed by atoms with Crippen molar-refractivity contribution >= 4 is 11.9 Å². The number of amides is 1. The molecule has 2 aliphatic rings. The number of carboxylic acids is 1. The number of hydrogen-bond donors (Lipinski definition) is 2. The molecule has 2 aliphatic carbocycles. The Hall–Kier alpha value is -1.36. The molecule has 118 valence electrons. The molecule has 2 rings (SSSR count). The van der Waals surface area contributed by atoms with E-state index in [4.69, 9.17) is 5.11 Å². The van der Waals surface area contributed by atoms with Crippen LogP contribution < -0.4 is 5.32 Å². The maximum absolute atomic E-state index is 12.5. The van der Waals surface area contributed by atoms with Gasteiger partial charge in [-0.1, -0.05) is 19.9 Å². The largest absolute Gasteiger partial charge is 0.480 e. The molecule has 0 aromatic carbocycles. The van der Waals surface area contributed by atoms with E-state index in [0.717, 1.165) is 37.8 Å². The van der Waals surface area contributed by atoms with Crippen LogP contribution in [0.1, 0.15) is 52.4 Å². The molecule has 1 atom stereocenters. The van der Waals surface area contributed by atoms with Crippen molar-refractivity contribution in [3.63, 3.8) is 0 Å². The van der Waals surface area contributed by atoms with Gasteiger partial charge in [0.05, 0.1) is 6.54 Å². The minimum atomic E-state index is -0.896. The zero-order valence-corrected chi connectivity index (χ0v) is 13.0. The summed E-state index contributed by atoms with van der Waals surface area (Å²) in [6.45, 7) is 3.79. The predicted octanol–water partition coefficient (Wildman–Crippen LogP) is 2.13. The summed E-state index contributed by atoms with van der Waals surface area (Å²) in [5.41, 5.74) is 1.15. The van der Waals surface area contributed by atoms with Gasteiger partial charge in [-0.2, -0.15) is 0 Å². The van der Waals surface area contributed by atoms with Gasteiger partial charge in [-0.05, 0) is 44.4 Å². The minimum Gasteiger partial charge on any atom is -0.480 e. The lowest BCUT2D eigenvalue weighted by molar-refractivity contribution is -0.140. The van der Waals surface area contributed by atoms with Gasteiger partial charge in [-0.3, -0.25) is 14.9 Å². The van der Waals surface area contributed by atoms with Gasteiger partial charge < -0.3 is 10.0 Å². The number of nitrogens with zero attached hydrogens (tertiary/aromatic N) is 1. The van der Waals surface area contributed by atoms with Gasteiger partial charge in [0, 0.05) is 11.7 Å². The Bertz CT molecular complexity index is 427. The summed E-state index contributed by atoms with van der Waals surface area (Å²) in [5, 5.41) is 12.1. The van der Waals surface area contributed by atoms with Crippen LogP contribution in [-0.4, -0.2) is 40.5 Å². The molecule has 0 spiro atoms. The topological polar surface area (TPSA) is 69.6 Å². The molecule has 0 bridgehead atoms. The number of rotatable bonds is 7. The highest BCUT2D eigenvalue weighted by atomic mass is 16.4. The molecule has 0 aromatic heterocycles. The SMILES string of the molecule is CC(C)C(NCC(=O)N(C1=CCCCC1)C1CC1)C(=O)O. The quantitative estimate of drug-likeness (QED) is 0.754. The Balaban J connectivity index is 1.96. The fourth-order valence-corrected chi connectivity index (χ4v) is 2.86. The first kappa shape index (κ1) is 16.0. The summed E-state index contributed by atoms with van der Waals surface area (Å²) in [4.78, 5) is 25.6. The molecule has 1 fully saturated rings. The lowest BCUT2D eigenvalue weighted by atomic mass is 10.0. The highest BCUT2D eigenvalue weighted by Gasteiger charge is 2.35. The molecule has 1 unspecified atom stereocenters. The van der Waals surface area contributed by atoms with Crippen LogP contribution in [-0.2, 0) is 9.59 Å². The first-order valence-corrected chi connectivity index (χ1v) is 7.98. The molecule has 2 N–H and O–H groups in total. The van der Waals surface area contributed by atoms with Crippen LogP contribution in [0.15, 0.2) is 11.8 Å². The van der Waals surface area contributed by atoms with Crippen LogP contribution in [0.5, 0.6) is 0 Å². The van der Waals surface area contributed by atoms with Gasteiger partial charge in [0.2, 0.25) is 5.91 Å². The van der Waals surface area contributed by atoms with Crippen molar-refractivity contribution in [2.24, 2.45) is 5.92 Å². The molecule has 21 heavy (non-hydrogen) atoms. The highest BCUT2D eigenvalue weighted by molar-refractivity contribution is 5.82. The molecular weight excluding hydrogens is 268 g/mol. The summed E-state index contributed by atoms with van der Waals surface area (Å²) in [5.74, 6) is -0.927. The third kappa shape index (κ3) is 4.30. The molecule has 5 heteroatoms. The zero-order valence-electron chi connectivity index (χ0n) is 13.0. The van der Waals surface area contributed by atoms with Crippen LogP contribution in [0.4, 0.5) is 0 Å². The van der Waals surface area contributed by atoms with Crippen molar-refractivity contribution in [3.8, 4) is 0 Å². The Labute approximate surface area is 126 Å². The average molecular weight is 294 g/mol. The summed E-state index contributed by atoms with van der Waals surface area (Å²) in [7, 11) is 0. The van der Waals surface area contributed by atoms with Gasteiger partial charge in [-0.15, -0.1) is 0 Å². The number of allylic oxidation sites excluding steroid dienone is 2. The molecule has 1 saturated carbocycles. The summed E-state index contributed by atoms with van der Waals surface area (Å²) < 4.78 is 0. The summed E-state index contributed by atoms with van der Waals surface area (Å²) in [6, 6.07) is -0.332. The van der Waals surface area contributed by atoms with Gasteiger partial charge >= 0.3 is 5.97 Å². The van der Waals surface area contributed by atoms with Crippen molar-refractivity contribution in [2.45, 2.75) is 64.5 Å². The number of hydrogen-bond acceptors (Lipinski definition) is 3. The number of aliphatic carboxylic acids is 1. The number of carboxylic acid groups (broad SMARTS) is 1. The van der Waals surface area contributed by atoms with Crippen molar-refractivity contribution in [3.05, 3.63) is 11.8 Å². The lowest BCUT2D eigenvalue weighted by Gasteiger charge is -2.29. The Morgan fingerprint density at radius 1 is 1.38 bits per heavy atom. The normalized spacial score (nSPS) is 20.0. The van der Waals surface area contributed by atoms with E-state index in [-0.39, 0.29) is 18.4 Å². The van der Waals surface area contributed by atoms with E-state index in [2.05, 4.69) is 11.4 Å². The molecule has 0 aliphatic heterocycles. The van der Waals surface area contributed by atoms with Gasteiger partial charge in [0.25, 0.3) is 0 Å². The van der Waals surface area contributed by atoms with Gasteiger partial charge in [0.15, 0.2) is 0 Å². The smallest absolute Gasteiger partial charge is 0.320 e. The first-order chi connectivity index (χ1) is 10.0. The molecule has 0 saturated heterocycles. The van der Waals surface area contributed by atoms with E-state index < -0.39 is 12.0 Å². The van der Waals surface area contributed by atoms with Crippen LogP contribution in [0.2, 0.25) is 0 Å². The number of carbonyl (C=O) groups is 2. The lowest BCUT2D eigenvalue weighted by Crippen LogP contribution is -2.47. The Morgan fingerprint density at radius 3 is 2.57 bits per heavy atom. The van der Waals surface area contributed by atoms with E-state index in [0.29, 0.717) is 6.04 Å². The predicted molar refractivity (Wildman–Crippen MR) is 80.7 cm³/mol. The maximum Gasteiger partial charge on any atom is 0.320 e. The number of carbonyl (C=O) groups excluding carboxylic acids is 1. The van der Waals surface area contributed by atoms with Crippen LogP contribution in [0.25, 0.3) is 0 Å². The first-order valence-electron chi connectivity index (χ1n) is 7.98. The molecule has 0 radical (unpaired) electrons. The summed E-state index contributed by atoms with van der Waals surface area (Å²) >= 11 is 0. The van der Waals surface area contributed by atoms with Crippen LogP contribution in [0.3, 0.4) is 0 Å². The van der Waals surface area contributed by atoms with E-state index in [1.54, 1.807) is 0 Å². The molecule has 0 heterocycles. The average Bonchev–Trinajstić information content (AvgIpc) is 3.24. The van der Waals surface area contributed by atoms with E-state index in [1.165, 1.54) is 6.42 Å². The second kappa shape index (κ2) is 7.07. The van der Waals surface area contributed by atoms with Crippen molar-refractivity contribution in [1.29, 1.82) is 0 Å². The Kier molecular flexibility index (Phi) is 5.39. The van der Waals surface area contributed by atoms with Gasteiger partial charge in [-0.25, -0.2) is 0 Å². The maximum atomic E-state index is 12.5. The molecule has 1 amide bonds. The van der Waals surface area contributed by atoms with Gasteiger partial charge in [0.1, 0.15) is 6.04 Å². The van der Waals surface area contributed by atoms with Crippen molar-refractivity contribution in [2.75, 3.05) is 6.54 Å². The second-order valence-electron chi connectivity index (χ2n) is 6.38. The fourth-order valence-electron chi connectivity index (χ4n) is 2.86. The number of nitrogens with one attached hydrogen (secondary N) is 1. The summed E-state index contributed by atoms with van der Waals surface area (Å²) in [6.07, 6.45) is 8.66. The fraction of sp³-hybridized carbons (Fsp3) is 0.750. The monoisotopic (exact) mass is 294 g/mol. The van der Waals surface area contributed by atoms with E-state index in [1.807, 2.05) is 18.7 Å².